The number of carbonyl (C=O) groups excluding carboxylic acids is 1. The first kappa shape index (κ1) is 13.7. The first-order valence-corrected chi connectivity index (χ1v) is 8.05. The van der Waals surface area contributed by atoms with Crippen LogP contribution in [0.15, 0.2) is 29.8 Å². The first-order valence-electron chi connectivity index (χ1n) is 6.79. The molecule has 1 amide bonds. The number of aromatic nitrogens is 2. The summed E-state index contributed by atoms with van der Waals surface area (Å²) in [5.74, 6) is -0.691. The predicted octanol–water partition coefficient (Wildman–Crippen LogP) is 3.34. The van der Waals surface area contributed by atoms with E-state index in [1.807, 2.05) is 16.0 Å². The van der Waals surface area contributed by atoms with Crippen molar-refractivity contribution in [1.82, 2.24) is 14.7 Å². The summed E-state index contributed by atoms with van der Waals surface area (Å²) >= 11 is 7.76. The lowest BCUT2D eigenvalue weighted by Gasteiger charge is -2.16. The SMILES string of the molecule is O=C1C[C@@H](c2ccc(F)cc2Cl)c2c(nc3sccn23)CN1. The van der Waals surface area contributed by atoms with E-state index in [1.54, 1.807) is 6.07 Å². The molecular formula is C15H11ClFN3OS. The monoisotopic (exact) mass is 335 g/mol. The predicted molar refractivity (Wildman–Crippen MR) is 82.8 cm³/mol. The molecule has 22 heavy (non-hydrogen) atoms. The molecule has 0 bridgehead atoms. The first-order chi connectivity index (χ1) is 10.6. The highest BCUT2D eigenvalue weighted by atomic mass is 35.5. The molecule has 0 aliphatic carbocycles. The van der Waals surface area contributed by atoms with Gasteiger partial charge < -0.3 is 5.32 Å². The van der Waals surface area contributed by atoms with Crippen LogP contribution < -0.4 is 5.32 Å². The molecule has 0 radical (unpaired) electrons. The average Bonchev–Trinajstić information content (AvgIpc) is 2.99. The van der Waals surface area contributed by atoms with E-state index in [4.69, 9.17) is 11.6 Å². The van der Waals surface area contributed by atoms with Crippen LogP contribution in [-0.2, 0) is 11.3 Å². The van der Waals surface area contributed by atoms with Crippen LogP contribution in [-0.4, -0.2) is 15.3 Å². The van der Waals surface area contributed by atoms with E-state index in [0.29, 0.717) is 11.6 Å². The van der Waals surface area contributed by atoms with Crippen LogP contribution in [0.3, 0.4) is 0 Å². The highest BCUT2D eigenvalue weighted by Crippen LogP contribution is 2.37. The molecule has 3 heterocycles. The summed E-state index contributed by atoms with van der Waals surface area (Å²) in [4.78, 5) is 17.5. The van der Waals surface area contributed by atoms with Crippen LogP contribution in [0.1, 0.15) is 29.3 Å². The van der Waals surface area contributed by atoms with Crippen LogP contribution in [0.4, 0.5) is 4.39 Å². The van der Waals surface area contributed by atoms with Crippen molar-refractivity contribution < 1.29 is 9.18 Å². The topological polar surface area (TPSA) is 46.4 Å². The summed E-state index contributed by atoms with van der Waals surface area (Å²) < 4.78 is 15.3. The molecule has 0 spiro atoms. The third-order valence-corrected chi connectivity index (χ3v) is 4.97. The molecule has 1 atom stereocenters. The highest BCUT2D eigenvalue weighted by Gasteiger charge is 2.30. The Kier molecular flexibility index (Phi) is 3.16. The van der Waals surface area contributed by atoms with Gasteiger partial charge in [0.25, 0.3) is 0 Å². The third-order valence-electron chi connectivity index (χ3n) is 3.89. The second kappa shape index (κ2) is 5.07. The Bertz CT molecular complexity index is 888. The van der Waals surface area contributed by atoms with E-state index in [-0.39, 0.29) is 24.1 Å². The van der Waals surface area contributed by atoms with Gasteiger partial charge in [-0.15, -0.1) is 11.3 Å². The van der Waals surface area contributed by atoms with Gasteiger partial charge in [-0.3, -0.25) is 9.20 Å². The van der Waals surface area contributed by atoms with Crippen LogP contribution in [0.5, 0.6) is 0 Å². The van der Waals surface area contributed by atoms with Gasteiger partial charge in [0, 0.05) is 28.9 Å². The number of hydrogen-bond donors (Lipinski definition) is 1. The maximum absolute atomic E-state index is 13.3. The van der Waals surface area contributed by atoms with Gasteiger partial charge in [-0.1, -0.05) is 17.7 Å². The van der Waals surface area contributed by atoms with Crippen molar-refractivity contribution in [3.05, 3.63) is 57.6 Å². The van der Waals surface area contributed by atoms with E-state index in [1.165, 1.54) is 23.5 Å². The summed E-state index contributed by atoms with van der Waals surface area (Å²) in [6.45, 7) is 0.401. The van der Waals surface area contributed by atoms with Gasteiger partial charge in [0.2, 0.25) is 5.91 Å². The number of fused-ring (bicyclic) bond motifs is 3. The summed E-state index contributed by atoms with van der Waals surface area (Å²) in [6.07, 6.45) is 2.20. The minimum absolute atomic E-state index is 0.0626. The maximum Gasteiger partial charge on any atom is 0.221 e. The van der Waals surface area contributed by atoms with Gasteiger partial charge in [0.1, 0.15) is 5.82 Å². The number of hydrogen-bond acceptors (Lipinski definition) is 3. The number of benzene rings is 1. The van der Waals surface area contributed by atoms with E-state index in [0.717, 1.165) is 21.9 Å². The Morgan fingerprint density at radius 2 is 2.32 bits per heavy atom. The molecule has 3 aromatic rings. The van der Waals surface area contributed by atoms with Gasteiger partial charge in [-0.25, -0.2) is 9.37 Å². The molecule has 112 valence electrons. The van der Waals surface area contributed by atoms with Crippen molar-refractivity contribution >= 4 is 33.8 Å². The Morgan fingerprint density at radius 1 is 1.45 bits per heavy atom. The fourth-order valence-corrected chi connectivity index (χ4v) is 3.96. The van der Waals surface area contributed by atoms with Gasteiger partial charge in [0.15, 0.2) is 4.96 Å². The van der Waals surface area contributed by atoms with Crippen molar-refractivity contribution in [3.63, 3.8) is 0 Å². The zero-order valence-corrected chi connectivity index (χ0v) is 12.9. The minimum Gasteiger partial charge on any atom is -0.350 e. The quantitative estimate of drug-likeness (QED) is 0.741. The van der Waals surface area contributed by atoms with Crippen molar-refractivity contribution in [2.45, 2.75) is 18.9 Å². The van der Waals surface area contributed by atoms with E-state index in [2.05, 4.69) is 10.3 Å². The van der Waals surface area contributed by atoms with E-state index < -0.39 is 0 Å². The zero-order chi connectivity index (χ0) is 15.3. The number of nitrogens with one attached hydrogen (secondary N) is 1. The van der Waals surface area contributed by atoms with Gasteiger partial charge in [-0.05, 0) is 17.7 Å². The standard InChI is InChI=1S/C15H11ClFN3OS/c16-11-5-8(17)1-2-9(11)10-6-13(21)18-7-12-14(10)20-3-4-22-15(20)19-12/h1-5,10H,6-7H2,(H,18,21)/t10-/m0/s1. The lowest BCUT2D eigenvalue weighted by molar-refractivity contribution is -0.121. The zero-order valence-electron chi connectivity index (χ0n) is 11.3. The molecule has 1 aliphatic heterocycles. The maximum atomic E-state index is 13.3. The normalized spacial score (nSPS) is 18.1. The Morgan fingerprint density at radius 3 is 3.14 bits per heavy atom. The fraction of sp³-hybridized carbons (Fsp3) is 0.200. The van der Waals surface area contributed by atoms with Crippen LogP contribution in [0, 0.1) is 5.82 Å². The molecule has 7 heteroatoms. The van der Waals surface area contributed by atoms with Crippen molar-refractivity contribution in [3.8, 4) is 0 Å². The molecule has 0 saturated carbocycles. The average molecular weight is 336 g/mol. The van der Waals surface area contributed by atoms with Gasteiger partial charge >= 0.3 is 0 Å². The number of thiazole rings is 1. The summed E-state index contributed by atoms with van der Waals surface area (Å²) in [5.41, 5.74) is 2.53. The number of nitrogens with zero attached hydrogens (tertiary/aromatic N) is 2. The number of rotatable bonds is 1. The number of carbonyl (C=O) groups is 1. The third kappa shape index (κ3) is 2.10. The molecule has 4 nitrogen and oxygen atoms in total. The molecule has 0 unspecified atom stereocenters. The lowest BCUT2D eigenvalue weighted by Crippen LogP contribution is -2.21. The molecule has 0 saturated heterocycles. The van der Waals surface area contributed by atoms with E-state index >= 15 is 0 Å². The highest BCUT2D eigenvalue weighted by molar-refractivity contribution is 7.15. The smallest absolute Gasteiger partial charge is 0.221 e. The van der Waals surface area contributed by atoms with Gasteiger partial charge in [-0.2, -0.15) is 0 Å². The molecule has 1 N–H and O–H groups in total. The number of halogens is 2. The van der Waals surface area contributed by atoms with Crippen LogP contribution in [0.2, 0.25) is 5.02 Å². The molecular weight excluding hydrogens is 325 g/mol. The van der Waals surface area contributed by atoms with Crippen molar-refractivity contribution in [1.29, 1.82) is 0 Å². The van der Waals surface area contributed by atoms with E-state index in [9.17, 15) is 9.18 Å². The molecule has 1 aromatic carbocycles. The fourth-order valence-electron chi connectivity index (χ4n) is 2.93. The molecule has 1 aliphatic rings. The Balaban J connectivity index is 1.95. The molecule has 2 aromatic heterocycles. The second-order valence-corrected chi connectivity index (χ2v) is 6.48. The summed E-state index contributed by atoms with van der Waals surface area (Å²) in [7, 11) is 0. The Labute approximate surface area is 134 Å². The van der Waals surface area contributed by atoms with Crippen molar-refractivity contribution in [2.75, 3.05) is 0 Å². The minimum atomic E-state index is -0.388. The van der Waals surface area contributed by atoms with Crippen LogP contribution in [0.25, 0.3) is 4.96 Å². The summed E-state index contributed by atoms with van der Waals surface area (Å²) in [5, 5.41) is 5.13. The molecule has 4 rings (SSSR count). The summed E-state index contributed by atoms with van der Waals surface area (Å²) in [6, 6.07) is 4.30. The number of imidazole rings is 1. The number of amides is 1. The van der Waals surface area contributed by atoms with Gasteiger partial charge in [0.05, 0.1) is 17.9 Å². The van der Waals surface area contributed by atoms with Crippen molar-refractivity contribution in [2.24, 2.45) is 0 Å². The molecule has 0 fully saturated rings. The van der Waals surface area contributed by atoms with Crippen LogP contribution >= 0.6 is 22.9 Å². The lowest BCUT2D eigenvalue weighted by atomic mass is 9.91. The Hall–Kier alpha value is -1.92. The largest absolute Gasteiger partial charge is 0.350 e. The second-order valence-electron chi connectivity index (χ2n) is 5.20.